The third kappa shape index (κ3) is 4.28. The number of rotatable bonds is 5. The van der Waals surface area contributed by atoms with Gasteiger partial charge in [0, 0.05) is 28.9 Å². The van der Waals surface area contributed by atoms with Gasteiger partial charge in [-0.05, 0) is 43.9 Å². The molecule has 0 atom stereocenters. The van der Waals surface area contributed by atoms with E-state index in [4.69, 9.17) is 0 Å². The maximum Gasteiger partial charge on any atom is 0.271 e. The molecule has 1 aliphatic rings. The van der Waals surface area contributed by atoms with Crippen LogP contribution in [0.5, 0.6) is 0 Å². The zero-order chi connectivity index (χ0) is 23.8. The summed E-state index contributed by atoms with van der Waals surface area (Å²) in [6.07, 6.45) is 6.38. The lowest BCUT2D eigenvalue weighted by Gasteiger charge is -2.12. The predicted octanol–water partition coefficient (Wildman–Crippen LogP) is 4.49. The zero-order valence-electron chi connectivity index (χ0n) is 19.6. The largest absolute Gasteiger partial charge is 0.337 e. The molecule has 1 aliphatic heterocycles. The fraction of sp³-hybridized carbons (Fsp3) is 0.231. The summed E-state index contributed by atoms with van der Waals surface area (Å²) in [6, 6.07) is 15.0. The summed E-state index contributed by atoms with van der Waals surface area (Å²) >= 11 is 6.74. The van der Waals surface area contributed by atoms with Crippen LogP contribution in [-0.2, 0) is 13.1 Å². The molecule has 0 unspecified atom stereocenters. The monoisotopic (exact) mass is 524 g/mol. The minimum absolute atomic E-state index is 0.0907. The van der Waals surface area contributed by atoms with E-state index in [1.807, 2.05) is 11.5 Å². The lowest BCUT2D eigenvalue weighted by molar-refractivity contribution is -0.685. The Hall–Kier alpha value is -2.26. The Balaban J connectivity index is 1.60. The second-order valence-corrected chi connectivity index (χ2v) is 11.9. The van der Waals surface area contributed by atoms with Gasteiger partial charge in [0.1, 0.15) is 14.2 Å². The number of thioether (sulfide) groups is 2. The summed E-state index contributed by atoms with van der Waals surface area (Å²) in [4.78, 5) is 18.1. The van der Waals surface area contributed by atoms with E-state index >= 15 is 0 Å². The molecule has 8 heteroatoms. The Morgan fingerprint density at radius 3 is 2.76 bits per heavy atom. The molecule has 2 aromatic heterocycles. The van der Waals surface area contributed by atoms with Gasteiger partial charge in [-0.1, -0.05) is 47.4 Å². The highest BCUT2D eigenvalue weighted by atomic mass is 32.2. The van der Waals surface area contributed by atoms with E-state index in [1.165, 1.54) is 20.9 Å². The van der Waals surface area contributed by atoms with Crippen LogP contribution in [0.3, 0.4) is 0 Å². The molecule has 0 aliphatic carbocycles. The third-order valence-corrected chi connectivity index (χ3v) is 10.1. The molecule has 2 aromatic carbocycles. The molecule has 0 saturated heterocycles. The average molecular weight is 525 g/mol. The number of nitrogens with zero attached hydrogens (tertiary/aromatic N) is 3. The molecule has 3 heterocycles. The van der Waals surface area contributed by atoms with Gasteiger partial charge in [0.2, 0.25) is 0 Å². The molecule has 0 spiro atoms. The Labute approximate surface area is 215 Å². The molecule has 4 aromatic rings. The van der Waals surface area contributed by atoms with Crippen LogP contribution in [-0.4, -0.2) is 17.9 Å². The van der Waals surface area contributed by atoms with Crippen LogP contribution in [0.4, 0.5) is 5.69 Å². The van der Waals surface area contributed by atoms with Crippen LogP contribution in [0.25, 0.3) is 11.1 Å². The van der Waals surface area contributed by atoms with Crippen molar-refractivity contribution in [3.8, 4) is 0 Å². The van der Waals surface area contributed by atoms with Crippen LogP contribution < -0.4 is 24.2 Å². The Morgan fingerprint density at radius 1 is 1.18 bits per heavy atom. The quantitative estimate of drug-likeness (QED) is 0.284. The van der Waals surface area contributed by atoms with Gasteiger partial charge in [0.15, 0.2) is 12.7 Å². The lowest BCUT2D eigenvalue weighted by Crippen LogP contribution is -2.36. The van der Waals surface area contributed by atoms with Gasteiger partial charge >= 0.3 is 0 Å². The highest BCUT2D eigenvalue weighted by Crippen LogP contribution is 2.46. The highest BCUT2D eigenvalue weighted by molar-refractivity contribution is 8.08. The summed E-state index contributed by atoms with van der Waals surface area (Å²) in [5, 5.41) is 4.27. The van der Waals surface area contributed by atoms with Crippen LogP contribution in [0.1, 0.15) is 23.1 Å². The van der Waals surface area contributed by atoms with Crippen LogP contribution in [0.2, 0.25) is 0 Å². The minimum atomic E-state index is 0.0907. The highest BCUT2D eigenvalue weighted by Gasteiger charge is 2.25. The number of fused-ring (bicyclic) bond motifs is 1. The fourth-order valence-electron chi connectivity index (χ4n) is 4.07. The molecular formula is C26H26N3OS4+. The van der Waals surface area contributed by atoms with Crippen LogP contribution in [0.15, 0.2) is 68.6 Å². The van der Waals surface area contributed by atoms with Crippen LogP contribution in [0, 0.1) is 6.92 Å². The number of thiazole rings is 2. The average Bonchev–Trinajstić information content (AvgIpc) is 3.51. The van der Waals surface area contributed by atoms with E-state index in [0.717, 1.165) is 31.5 Å². The topological polar surface area (TPSA) is 29.1 Å². The minimum Gasteiger partial charge on any atom is -0.337 e. The number of anilines is 1. The van der Waals surface area contributed by atoms with Gasteiger partial charge < -0.3 is 4.90 Å². The Morgan fingerprint density at radius 2 is 2.00 bits per heavy atom. The zero-order valence-corrected chi connectivity index (χ0v) is 22.8. The van der Waals surface area contributed by atoms with Crippen molar-refractivity contribution >= 4 is 63.0 Å². The number of aromatic nitrogens is 2. The van der Waals surface area contributed by atoms with Crippen molar-refractivity contribution in [1.82, 2.24) is 4.57 Å². The van der Waals surface area contributed by atoms with E-state index in [2.05, 4.69) is 89.8 Å². The summed E-state index contributed by atoms with van der Waals surface area (Å²) in [6.45, 7) is 5.66. The lowest BCUT2D eigenvalue weighted by atomic mass is 10.1. The SMILES string of the molecule is CCn1c(=O)/c(=C2\Sc3cc(SC)ccc3N2C)s/c1=C\c1scc[n+]1Cc1ccccc1C. The van der Waals surface area contributed by atoms with Crippen molar-refractivity contribution in [2.45, 2.75) is 36.7 Å². The molecule has 0 bridgehead atoms. The summed E-state index contributed by atoms with van der Waals surface area (Å²) in [5.74, 6) is 0. The molecule has 0 saturated carbocycles. The summed E-state index contributed by atoms with van der Waals surface area (Å²) in [7, 11) is 2.06. The first-order chi connectivity index (χ1) is 16.5. The first-order valence-electron chi connectivity index (χ1n) is 11.1. The van der Waals surface area contributed by atoms with Gasteiger partial charge in [-0.25, -0.2) is 0 Å². The van der Waals surface area contributed by atoms with Crippen LogP contribution >= 0.6 is 46.2 Å². The number of hydrogen-bond donors (Lipinski definition) is 0. The normalized spacial score (nSPS) is 15.3. The van der Waals surface area contributed by atoms with Crippen molar-refractivity contribution in [2.24, 2.45) is 0 Å². The van der Waals surface area contributed by atoms with E-state index in [-0.39, 0.29) is 5.56 Å². The van der Waals surface area contributed by atoms with Gasteiger partial charge in [0.25, 0.3) is 10.6 Å². The number of benzene rings is 2. The van der Waals surface area contributed by atoms with Gasteiger partial charge in [-0.15, -0.1) is 23.1 Å². The van der Waals surface area contributed by atoms with Crippen molar-refractivity contribution in [3.63, 3.8) is 0 Å². The maximum atomic E-state index is 13.5. The first-order valence-corrected chi connectivity index (χ1v) is 14.8. The van der Waals surface area contributed by atoms with Crippen molar-refractivity contribution in [2.75, 3.05) is 18.2 Å². The second-order valence-electron chi connectivity index (χ2n) is 8.06. The number of hydrogen-bond acceptors (Lipinski definition) is 6. The standard InChI is InChI=1S/C26H26N3OS4/c1-5-29-23(15-22-28(12-13-32-22)16-18-9-7-6-8-17(18)2)34-24(25(29)30)26-27(3)20-11-10-19(31-4)14-21(20)33-26/h6-15H,5,16H2,1-4H3/q+1/b26-24+. The summed E-state index contributed by atoms with van der Waals surface area (Å²) < 4.78 is 5.96. The van der Waals surface area contributed by atoms with Crippen molar-refractivity contribution in [1.29, 1.82) is 0 Å². The van der Waals surface area contributed by atoms with Crippen molar-refractivity contribution < 1.29 is 4.57 Å². The van der Waals surface area contributed by atoms with Gasteiger partial charge in [-0.3, -0.25) is 9.36 Å². The third-order valence-electron chi connectivity index (χ3n) is 6.02. The molecular weight excluding hydrogens is 499 g/mol. The molecule has 0 fully saturated rings. The van der Waals surface area contributed by atoms with E-state index < -0.39 is 0 Å². The Bertz CT molecular complexity index is 1550. The molecule has 0 amide bonds. The smallest absolute Gasteiger partial charge is 0.271 e. The molecule has 5 rings (SSSR count). The first kappa shape index (κ1) is 23.5. The number of aryl methyl sites for hydroxylation is 1. The summed E-state index contributed by atoms with van der Waals surface area (Å²) in [5.41, 5.74) is 3.85. The van der Waals surface area contributed by atoms with E-state index in [1.54, 1.807) is 46.2 Å². The molecule has 174 valence electrons. The van der Waals surface area contributed by atoms with Gasteiger partial charge in [0.05, 0.1) is 17.1 Å². The second kappa shape index (κ2) is 9.77. The predicted molar refractivity (Wildman–Crippen MR) is 148 cm³/mol. The maximum absolute atomic E-state index is 13.5. The molecule has 0 radical (unpaired) electrons. The molecule has 0 N–H and O–H groups in total. The molecule has 34 heavy (non-hydrogen) atoms. The van der Waals surface area contributed by atoms with E-state index in [0.29, 0.717) is 6.54 Å². The molecule has 4 nitrogen and oxygen atoms in total. The van der Waals surface area contributed by atoms with Crippen molar-refractivity contribution in [3.05, 3.63) is 89.7 Å². The van der Waals surface area contributed by atoms with E-state index in [9.17, 15) is 4.79 Å². The fourth-order valence-corrected chi connectivity index (χ4v) is 7.94. The Kier molecular flexibility index (Phi) is 6.75. The van der Waals surface area contributed by atoms with Gasteiger partial charge in [-0.2, -0.15) is 4.57 Å².